The number of nitrogens with zero attached hydrogens (tertiary/aromatic N) is 1. The van der Waals surface area contributed by atoms with Gasteiger partial charge in [-0.25, -0.2) is 10.6 Å². The lowest BCUT2D eigenvalue weighted by Crippen LogP contribution is -2.51. The lowest BCUT2D eigenvalue weighted by Gasteiger charge is -2.23. The van der Waals surface area contributed by atoms with Crippen molar-refractivity contribution in [3.05, 3.63) is 0 Å². The molecule has 0 spiro atoms. The highest BCUT2D eigenvalue weighted by Crippen LogP contribution is 2.40. The predicted octanol–water partition coefficient (Wildman–Crippen LogP) is -0.586. The molecule has 1 aliphatic rings. The molecule has 5 nitrogen and oxygen atoms in total. The molecule has 12 heavy (non-hydrogen) atoms. The molecule has 1 fully saturated rings. The molecule has 0 aromatic carbocycles. The summed E-state index contributed by atoms with van der Waals surface area (Å²) in [6, 6.07) is 0. The van der Waals surface area contributed by atoms with Crippen molar-refractivity contribution in [1.29, 1.82) is 0 Å². The lowest BCUT2D eigenvalue weighted by atomic mass is 10.2. The fourth-order valence-electron chi connectivity index (χ4n) is 1.15. The lowest BCUT2D eigenvalue weighted by molar-refractivity contribution is -0.154. The van der Waals surface area contributed by atoms with Crippen LogP contribution in [0.2, 0.25) is 0 Å². The highest BCUT2D eigenvalue weighted by Gasteiger charge is 2.56. The topological polar surface area (TPSA) is 72.6 Å². The van der Waals surface area contributed by atoms with Crippen molar-refractivity contribution in [2.24, 2.45) is 5.84 Å². The minimum absolute atomic E-state index is 0.321. The molecule has 0 aromatic rings. The number of rotatable bonds is 2. The zero-order valence-corrected chi connectivity index (χ0v) is 7.16. The van der Waals surface area contributed by atoms with Gasteiger partial charge in [-0.15, -0.1) is 0 Å². The SMILES string of the molecule is COC(=O)C1(N(N)C(C)=O)CC1. The Labute approximate surface area is 70.4 Å². The Morgan fingerprint density at radius 1 is 1.50 bits per heavy atom. The van der Waals surface area contributed by atoms with Crippen LogP contribution in [0.25, 0.3) is 0 Å². The van der Waals surface area contributed by atoms with Crippen molar-refractivity contribution < 1.29 is 14.3 Å². The number of carbonyl (C=O) groups is 2. The van der Waals surface area contributed by atoms with Gasteiger partial charge in [0, 0.05) is 6.92 Å². The van der Waals surface area contributed by atoms with Crippen LogP contribution in [-0.4, -0.2) is 29.5 Å². The maximum atomic E-state index is 11.1. The van der Waals surface area contributed by atoms with E-state index in [0.29, 0.717) is 12.8 Å². The van der Waals surface area contributed by atoms with E-state index in [-0.39, 0.29) is 5.91 Å². The molecular weight excluding hydrogens is 160 g/mol. The van der Waals surface area contributed by atoms with Gasteiger partial charge in [-0.05, 0) is 12.8 Å². The van der Waals surface area contributed by atoms with E-state index in [1.807, 2.05) is 0 Å². The molecule has 1 saturated carbocycles. The van der Waals surface area contributed by atoms with Crippen LogP contribution in [0.5, 0.6) is 0 Å². The fourth-order valence-corrected chi connectivity index (χ4v) is 1.15. The van der Waals surface area contributed by atoms with Crippen LogP contribution in [0.3, 0.4) is 0 Å². The monoisotopic (exact) mass is 172 g/mol. The number of hydrogen-bond donors (Lipinski definition) is 1. The largest absolute Gasteiger partial charge is 0.467 e. The Bertz CT molecular complexity index is 223. The number of methoxy groups -OCH3 is 1. The van der Waals surface area contributed by atoms with Crippen LogP contribution in [-0.2, 0) is 14.3 Å². The van der Waals surface area contributed by atoms with Crippen molar-refractivity contribution in [1.82, 2.24) is 5.01 Å². The molecule has 0 atom stereocenters. The summed E-state index contributed by atoms with van der Waals surface area (Å²) in [4.78, 5) is 22.0. The van der Waals surface area contributed by atoms with Crippen LogP contribution in [0, 0.1) is 0 Å². The summed E-state index contributed by atoms with van der Waals surface area (Å²) in [6.45, 7) is 1.32. The van der Waals surface area contributed by atoms with E-state index in [1.54, 1.807) is 0 Å². The molecule has 1 aliphatic carbocycles. The summed E-state index contributed by atoms with van der Waals surface area (Å²) in [7, 11) is 1.29. The van der Waals surface area contributed by atoms with E-state index in [2.05, 4.69) is 4.74 Å². The third-order valence-electron chi connectivity index (χ3n) is 2.09. The first-order valence-electron chi connectivity index (χ1n) is 3.68. The molecule has 0 radical (unpaired) electrons. The molecule has 0 heterocycles. The van der Waals surface area contributed by atoms with Crippen molar-refractivity contribution >= 4 is 11.9 Å². The molecule has 1 amide bonds. The minimum atomic E-state index is -0.861. The van der Waals surface area contributed by atoms with E-state index >= 15 is 0 Å². The second-order valence-corrected chi connectivity index (χ2v) is 2.91. The highest BCUT2D eigenvalue weighted by molar-refractivity contribution is 5.89. The standard InChI is InChI=1S/C7H12N2O3/c1-5(10)9(8)7(3-4-7)6(11)12-2/h3-4,8H2,1-2H3. The smallest absolute Gasteiger partial charge is 0.333 e. The summed E-state index contributed by atoms with van der Waals surface area (Å²) in [6.07, 6.45) is 1.19. The Kier molecular flexibility index (Phi) is 2.06. The van der Waals surface area contributed by atoms with Gasteiger partial charge in [-0.2, -0.15) is 0 Å². The van der Waals surface area contributed by atoms with Gasteiger partial charge >= 0.3 is 5.97 Å². The van der Waals surface area contributed by atoms with Gasteiger partial charge in [0.15, 0.2) is 5.54 Å². The molecule has 68 valence electrons. The Morgan fingerprint density at radius 3 is 2.25 bits per heavy atom. The van der Waals surface area contributed by atoms with E-state index < -0.39 is 11.5 Å². The summed E-state index contributed by atoms with van der Waals surface area (Å²) in [5.41, 5.74) is -0.861. The molecule has 2 N–H and O–H groups in total. The van der Waals surface area contributed by atoms with Crippen molar-refractivity contribution in [2.75, 3.05) is 7.11 Å². The number of esters is 1. The van der Waals surface area contributed by atoms with Gasteiger partial charge in [0.2, 0.25) is 5.91 Å². The molecule has 5 heteroatoms. The Morgan fingerprint density at radius 2 is 2.00 bits per heavy atom. The van der Waals surface area contributed by atoms with Gasteiger partial charge in [-0.1, -0.05) is 0 Å². The summed E-state index contributed by atoms with van der Waals surface area (Å²) in [5.74, 6) is 4.66. The summed E-state index contributed by atoms with van der Waals surface area (Å²) < 4.78 is 4.54. The first-order valence-corrected chi connectivity index (χ1v) is 3.68. The first kappa shape index (κ1) is 8.99. The number of ether oxygens (including phenoxy) is 1. The molecule has 0 unspecified atom stereocenters. The van der Waals surface area contributed by atoms with Gasteiger partial charge in [-0.3, -0.25) is 9.80 Å². The second-order valence-electron chi connectivity index (χ2n) is 2.91. The zero-order valence-electron chi connectivity index (χ0n) is 7.16. The predicted molar refractivity (Wildman–Crippen MR) is 40.7 cm³/mol. The van der Waals surface area contributed by atoms with Crippen molar-refractivity contribution in [3.8, 4) is 0 Å². The average molecular weight is 172 g/mol. The van der Waals surface area contributed by atoms with E-state index in [9.17, 15) is 9.59 Å². The van der Waals surface area contributed by atoms with Crippen LogP contribution in [0.4, 0.5) is 0 Å². The summed E-state index contributed by atoms with van der Waals surface area (Å²) in [5, 5.41) is 0.957. The van der Waals surface area contributed by atoms with Crippen molar-refractivity contribution in [3.63, 3.8) is 0 Å². The van der Waals surface area contributed by atoms with Gasteiger partial charge in [0.25, 0.3) is 0 Å². The van der Waals surface area contributed by atoms with Gasteiger partial charge in [0.05, 0.1) is 7.11 Å². The van der Waals surface area contributed by atoms with E-state index in [4.69, 9.17) is 5.84 Å². The average Bonchev–Trinajstić information content (AvgIpc) is 2.82. The summed E-state index contributed by atoms with van der Waals surface area (Å²) >= 11 is 0. The molecule has 0 aliphatic heterocycles. The number of amides is 1. The molecular formula is C7H12N2O3. The molecule has 1 rings (SSSR count). The van der Waals surface area contributed by atoms with E-state index in [1.165, 1.54) is 14.0 Å². The molecule has 0 saturated heterocycles. The fraction of sp³-hybridized carbons (Fsp3) is 0.714. The third-order valence-corrected chi connectivity index (χ3v) is 2.09. The normalized spacial score (nSPS) is 18.2. The maximum absolute atomic E-state index is 11.1. The number of hydrogen-bond acceptors (Lipinski definition) is 4. The van der Waals surface area contributed by atoms with Crippen LogP contribution in [0.15, 0.2) is 0 Å². The van der Waals surface area contributed by atoms with Gasteiger partial charge in [0.1, 0.15) is 0 Å². The van der Waals surface area contributed by atoms with Gasteiger partial charge < -0.3 is 4.74 Å². The van der Waals surface area contributed by atoms with Crippen LogP contribution >= 0.6 is 0 Å². The second kappa shape index (κ2) is 2.75. The quantitative estimate of drug-likeness (QED) is 0.261. The van der Waals surface area contributed by atoms with Crippen molar-refractivity contribution in [2.45, 2.75) is 25.3 Å². The first-order chi connectivity index (χ1) is 5.54. The third kappa shape index (κ3) is 1.16. The van der Waals surface area contributed by atoms with E-state index in [0.717, 1.165) is 5.01 Å². The Balaban J connectivity index is 2.72. The number of hydrazine groups is 1. The number of carbonyl (C=O) groups excluding carboxylic acids is 2. The zero-order chi connectivity index (χ0) is 9.35. The van der Waals surface area contributed by atoms with Crippen LogP contribution in [0.1, 0.15) is 19.8 Å². The number of nitrogens with two attached hydrogens (primary N) is 1. The van der Waals surface area contributed by atoms with Crippen LogP contribution < -0.4 is 5.84 Å². The Hall–Kier alpha value is -1.10. The highest BCUT2D eigenvalue weighted by atomic mass is 16.5. The maximum Gasteiger partial charge on any atom is 0.333 e. The molecule has 0 aromatic heterocycles. The molecule has 0 bridgehead atoms. The minimum Gasteiger partial charge on any atom is -0.467 e.